The summed E-state index contributed by atoms with van der Waals surface area (Å²) in [7, 11) is 0. The second-order valence-electron chi connectivity index (χ2n) is 8.06. The van der Waals surface area contributed by atoms with E-state index in [4.69, 9.17) is 11.6 Å². The Labute approximate surface area is 194 Å². The molecule has 2 aromatic carbocycles. The van der Waals surface area contributed by atoms with Crippen LogP contribution in [0.3, 0.4) is 0 Å². The molecule has 156 valence electrons. The van der Waals surface area contributed by atoms with E-state index in [9.17, 15) is 4.79 Å². The monoisotopic (exact) mass is 483 g/mol. The molecule has 1 aliphatic carbocycles. The summed E-state index contributed by atoms with van der Waals surface area (Å²) < 4.78 is 1.95. The number of ketones is 1. The highest BCUT2D eigenvalue weighted by Crippen LogP contribution is 2.32. The topological polar surface area (TPSA) is 20.9 Å². The Morgan fingerprint density at radius 2 is 1.43 bits per heavy atom. The fourth-order valence-corrected chi connectivity index (χ4v) is 4.31. The number of rotatable bonds is 6. The second kappa shape index (κ2) is 10.9. The van der Waals surface area contributed by atoms with Crippen LogP contribution in [0.1, 0.15) is 65.1 Å². The Balaban J connectivity index is 0.00000256. The van der Waals surface area contributed by atoms with Crippen molar-refractivity contribution in [2.75, 3.05) is 0 Å². The Kier molecular flexibility index (Phi) is 8.24. The highest BCUT2D eigenvalue weighted by Gasteiger charge is 2.17. The molecule has 0 bridgehead atoms. The number of aromatic nitrogens is 1. The van der Waals surface area contributed by atoms with E-state index in [0.717, 1.165) is 17.0 Å². The first kappa shape index (κ1) is 22.7. The molecule has 0 radical (unpaired) electrons. The minimum atomic E-state index is 0. The average molecular weight is 485 g/mol. The van der Waals surface area contributed by atoms with Crippen LogP contribution in [0.25, 0.3) is 0 Å². The van der Waals surface area contributed by atoms with Crippen molar-refractivity contribution in [1.82, 2.24) is 0 Å². The molecule has 0 amide bonds. The number of halogens is 2. The third-order valence-electron chi connectivity index (χ3n) is 5.92. The van der Waals surface area contributed by atoms with Gasteiger partial charge >= 0.3 is 0 Å². The van der Waals surface area contributed by atoms with E-state index < -0.39 is 0 Å². The maximum Gasteiger partial charge on any atom is 0.227 e. The zero-order valence-electron chi connectivity index (χ0n) is 17.1. The summed E-state index contributed by atoms with van der Waals surface area (Å²) in [6.07, 6.45) is 11.4. The molecule has 0 spiro atoms. The Bertz CT molecular complexity index is 946. The maximum absolute atomic E-state index is 12.7. The molecule has 0 atom stereocenters. The summed E-state index contributed by atoms with van der Waals surface area (Å²) in [6.45, 7) is 0.365. The molecule has 2 nitrogen and oxygen atoms in total. The van der Waals surface area contributed by atoms with E-state index in [2.05, 4.69) is 24.3 Å². The smallest absolute Gasteiger partial charge is 0.227 e. The Morgan fingerprint density at radius 3 is 2.07 bits per heavy atom. The number of Topliss-reactive ketones (excluding diaryl/α,β-unsaturated/α-hetero) is 1. The standard InChI is InChI=1S/C26H27ClNO.BrH/c27-25-12-6-20(7-13-25)18-21-14-16-28(17-15-21)19-26(29)24-10-8-23(9-11-24)22-4-2-1-3-5-22;/h6-17,22H,1-5,18-19H2;1H/q+1;/p-1. The first-order valence-corrected chi connectivity index (χ1v) is 10.9. The minimum Gasteiger partial charge on any atom is -1.00 e. The van der Waals surface area contributed by atoms with Crippen LogP contribution in [0.4, 0.5) is 0 Å². The molecule has 3 aromatic rings. The van der Waals surface area contributed by atoms with E-state index in [-0.39, 0.29) is 22.8 Å². The van der Waals surface area contributed by atoms with E-state index in [1.54, 1.807) is 0 Å². The summed E-state index contributed by atoms with van der Waals surface area (Å²) in [4.78, 5) is 12.7. The molecule has 4 heteroatoms. The molecule has 4 rings (SSSR count). The fraction of sp³-hybridized carbons (Fsp3) is 0.308. The van der Waals surface area contributed by atoms with E-state index in [1.165, 1.54) is 48.8 Å². The van der Waals surface area contributed by atoms with Gasteiger partial charge in [0.2, 0.25) is 12.3 Å². The van der Waals surface area contributed by atoms with Gasteiger partial charge in [-0.15, -0.1) is 0 Å². The van der Waals surface area contributed by atoms with Crippen molar-refractivity contribution in [2.24, 2.45) is 0 Å². The summed E-state index contributed by atoms with van der Waals surface area (Å²) in [6, 6.07) is 20.4. The first-order valence-electron chi connectivity index (χ1n) is 10.5. The van der Waals surface area contributed by atoms with Crippen molar-refractivity contribution >= 4 is 17.4 Å². The Hall–Kier alpha value is -1.97. The number of nitrogens with zero attached hydrogens (tertiary/aromatic N) is 1. The summed E-state index contributed by atoms with van der Waals surface area (Å²) in [5.74, 6) is 0.825. The van der Waals surface area contributed by atoms with Gasteiger partial charge in [-0.1, -0.05) is 67.3 Å². The molecule has 30 heavy (non-hydrogen) atoms. The molecule has 0 N–H and O–H groups in total. The van der Waals surface area contributed by atoms with Crippen LogP contribution in [-0.4, -0.2) is 5.78 Å². The molecule has 0 saturated heterocycles. The third kappa shape index (κ3) is 6.02. The zero-order chi connectivity index (χ0) is 20.1. The molecule has 1 aromatic heterocycles. The van der Waals surface area contributed by atoms with E-state index in [0.29, 0.717) is 12.5 Å². The quantitative estimate of drug-likeness (QED) is 0.389. The Morgan fingerprint density at radius 1 is 0.833 bits per heavy atom. The maximum atomic E-state index is 12.7. The lowest BCUT2D eigenvalue weighted by atomic mass is 9.84. The number of hydrogen-bond donors (Lipinski definition) is 0. The van der Waals surface area contributed by atoms with Gasteiger partial charge in [0.15, 0.2) is 12.4 Å². The van der Waals surface area contributed by atoms with Gasteiger partial charge in [-0.3, -0.25) is 4.79 Å². The predicted octanol–water partition coefficient (Wildman–Crippen LogP) is 3.15. The number of hydrogen-bond acceptors (Lipinski definition) is 1. The fourth-order valence-electron chi connectivity index (χ4n) is 4.18. The van der Waals surface area contributed by atoms with Gasteiger partial charge in [-0.25, -0.2) is 0 Å². The van der Waals surface area contributed by atoms with Gasteiger partial charge in [-0.05, 0) is 54.0 Å². The number of benzene rings is 2. The molecule has 1 heterocycles. The number of pyridine rings is 1. The number of carbonyl (C=O) groups excluding carboxylic acids is 1. The molecule has 0 unspecified atom stereocenters. The van der Waals surface area contributed by atoms with Gasteiger partial charge in [0, 0.05) is 22.7 Å². The van der Waals surface area contributed by atoms with Crippen molar-refractivity contribution in [3.8, 4) is 0 Å². The largest absolute Gasteiger partial charge is 1.00 e. The highest BCUT2D eigenvalue weighted by atomic mass is 79.9. The lowest BCUT2D eigenvalue weighted by Crippen LogP contribution is -3.00. The van der Waals surface area contributed by atoms with Gasteiger partial charge in [0.1, 0.15) is 0 Å². The first-order chi connectivity index (χ1) is 14.2. The van der Waals surface area contributed by atoms with E-state index in [1.807, 2.05) is 53.4 Å². The van der Waals surface area contributed by atoms with Crippen LogP contribution in [0, 0.1) is 0 Å². The molecule has 1 fully saturated rings. The van der Waals surface area contributed by atoms with Gasteiger partial charge < -0.3 is 17.0 Å². The van der Waals surface area contributed by atoms with Crippen LogP contribution in [-0.2, 0) is 13.0 Å². The molecule has 0 aliphatic heterocycles. The van der Waals surface area contributed by atoms with Crippen LogP contribution in [0.15, 0.2) is 73.1 Å². The third-order valence-corrected chi connectivity index (χ3v) is 6.17. The average Bonchev–Trinajstić information content (AvgIpc) is 2.77. The zero-order valence-corrected chi connectivity index (χ0v) is 19.4. The van der Waals surface area contributed by atoms with Crippen molar-refractivity contribution in [1.29, 1.82) is 0 Å². The number of carbonyl (C=O) groups is 1. The second-order valence-corrected chi connectivity index (χ2v) is 8.50. The van der Waals surface area contributed by atoms with Crippen LogP contribution >= 0.6 is 11.6 Å². The lowest BCUT2D eigenvalue weighted by Gasteiger charge is -2.21. The van der Waals surface area contributed by atoms with Gasteiger partial charge in [-0.2, -0.15) is 4.57 Å². The van der Waals surface area contributed by atoms with Crippen LogP contribution in [0.2, 0.25) is 5.02 Å². The van der Waals surface area contributed by atoms with Crippen LogP contribution < -0.4 is 21.5 Å². The molecular weight excluding hydrogens is 458 g/mol. The lowest BCUT2D eigenvalue weighted by molar-refractivity contribution is -0.683. The van der Waals surface area contributed by atoms with Crippen molar-refractivity contribution in [3.63, 3.8) is 0 Å². The molecule has 1 saturated carbocycles. The van der Waals surface area contributed by atoms with Crippen molar-refractivity contribution < 1.29 is 26.3 Å². The SMILES string of the molecule is O=C(C[n+]1ccc(Cc2ccc(Cl)cc2)cc1)c1ccc(C2CCCCC2)cc1.[Br-]. The summed E-state index contributed by atoms with van der Waals surface area (Å²) in [5, 5.41) is 0.755. The molecule has 1 aliphatic rings. The summed E-state index contributed by atoms with van der Waals surface area (Å²) in [5.41, 5.74) is 4.62. The van der Waals surface area contributed by atoms with E-state index >= 15 is 0 Å². The van der Waals surface area contributed by atoms with Gasteiger partial charge in [0.05, 0.1) is 0 Å². The van der Waals surface area contributed by atoms with Crippen molar-refractivity contribution in [2.45, 2.75) is 51.0 Å². The minimum absolute atomic E-state index is 0. The van der Waals surface area contributed by atoms with Crippen molar-refractivity contribution in [3.05, 3.63) is 100 Å². The predicted molar refractivity (Wildman–Crippen MR) is 117 cm³/mol. The van der Waals surface area contributed by atoms with Crippen LogP contribution in [0.5, 0.6) is 0 Å². The highest BCUT2D eigenvalue weighted by molar-refractivity contribution is 6.30. The summed E-state index contributed by atoms with van der Waals surface area (Å²) >= 11 is 5.95. The molecular formula is C26H27BrClNO. The van der Waals surface area contributed by atoms with Gasteiger partial charge in [0.25, 0.3) is 0 Å². The normalized spacial score (nSPS) is 14.2.